The minimum atomic E-state index is 0.360. The monoisotopic (exact) mass is 299 g/mol. The number of nitrogens with one attached hydrogen (secondary N) is 1. The molecule has 0 atom stereocenters. The van der Waals surface area contributed by atoms with Crippen molar-refractivity contribution in [3.8, 4) is 5.75 Å². The number of ether oxygens (including phenoxy) is 1. The predicted octanol–water partition coefficient (Wildman–Crippen LogP) is 3.35. The van der Waals surface area contributed by atoms with Crippen LogP contribution in [0.5, 0.6) is 5.75 Å². The van der Waals surface area contributed by atoms with Gasteiger partial charge in [0.15, 0.2) is 5.75 Å². The van der Waals surface area contributed by atoms with Gasteiger partial charge in [-0.25, -0.2) is 0 Å². The molecule has 104 valence electrons. The molecular weight excluding hydrogens is 282 g/mol. The molecule has 1 N–H and O–H groups in total. The van der Waals surface area contributed by atoms with Crippen LogP contribution in [0.25, 0.3) is 0 Å². The summed E-state index contributed by atoms with van der Waals surface area (Å²) < 4.78 is 8.32. The van der Waals surface area contributed by atoms with Crippen molar-refractivity contribution in [2.24, 2.45) is 0 Å². The highest BCUT2D eigenvalue weighted by Gasteiger charge is 2.02. The maximum Gasteiger partial charge on any atom is 0.157 e. The van der Waals surface area contributed by atoms with Crippen LogP contribution >= 0.6 is 22.9 Å². The van der Waals surface area contributed by atoms with E-state index < -0.39 is 0 Å². The van der Waals surface area contributed by atoms with E-state index in [0.717, 1.165) is 23.2 Å². The Balaban J connectivity index is 1.63. The van der Waals surface area contributed by atoms with E-state index in [-0.39, 0.29) is 0 Å². The molecule has 2 heterocycles. The maximum absolute atomic E-state index is 5.87. The Morgan fingerprint density at radius 3 is 2.95 bits per heavy atom. The molecule has 0 bridgehead atoms. The van der Waals surface area contributed by atoms with Gasteiger partial charge in [0.2, 0.25) is 0 Å². The number of halogens is 1. The second-order valence-corrected chi connectivity index (χ2v) is 6.28. The fraction of sp³-hybridized carbons (Fsp3) is 0.462. The van der Waals surface area contributed by atoms with Crippen LogP contribution in [0, 0.1) is 0 Å². The smallest absolute Gasteiger partial charge is 0.157 e. The van der Waals surface area contributed by atoms with E-state index in [9.17, 15) is 0 Å². The molecule has 19 heavy (non-hydrogen) atoms. The third-order valence-corrected chi connectivity index (χ3v) is 3.81. The van der Waals surface area contributed by atoms with Gasteiger partial charge < -0.3 is 10.1 Å². The molecule has 0 saturated carbocycles. The van der Waals surface area contributed by atoms with E-state index in [1.54, 1.807) is 17.5 Å². The second kappa shape index (κ2) is 6.93. The highest BCUT2D eigenvalue weighted by molar-refractivity contribution is 7.16. The zero-order valence-corrected chi connectivity index (χ0v) is 12.7. The molecule has 0 aromatic carbocycles. The lowest BCUT2D eigenvalue weighted by atomic mass is 10.4. The molecule has 0 fully saturated rings. The number of hydrogen-bond acceptors (Lipinski definition) is 4. The molecule has 0 aliphatic carbocycles. The first-order valence-corrected chi connectivity index (χ1v) is 7.46. The molecule has 0 aliphatic rings. The summed E-state index contributed by atoms with van der Waals surface area (Å²) in [5.74, 6) is 0.815. The van der Waals surface area contributed by atoms with Gasteiger partial charge in [0.25, 0.3) is 0 Å². The number of aromatic nitrogens is 2. The summed E-state index contributed by atoms with van der Waals surface area (Å²) in [5, 5.41) is 7.54. The van der Waals surface area contributed by atoms with Crippen LogP contribution in [0.2, 0.25) is 4.34 Å². The van der Waals surface area contributed by atoms with Crippen molar-refractivity contribution < 1.29 is 4.74 Å². The largest absolute Gasteiger partial charge is 0.489 e. The highest BCUT2D eigenvalue weighted by Crippen LogP contribution is 2.20. The Hall–Kier alpha value is -1.04. The first kappa shape index (κ1) is 14.4. The Kier molecular flexibility index (Phi) is 5.24. The van der Waals surface area contributed by atoms with Crippen molar-refractivity contribution in [1.82, 2.24) is 15.1 Å². The standard InChI is InChI=1S/C13H18ClN3OS/c1-10(2)17-9-11(7-16-17)18-6-5-15-8-12-3-4-13(14)19-12/h3-4,7,9-10,15H,5-6,8H2,1-2H3. The number of rotatable bonds is 7. The van der Waals surface area contributed by atoms with Crippen LogP contribution in [0.3, 0.4) is 0 Å². The molecule has 4 nitrogen and oxygen atoms in total. The van der Waals surface area contributed by atoms with Gasteiger partial charge in [0, 0.05) is 24.0 Å². The zero-order chi connectivity index (χ0) is 13.7. The zero-order valence-electron chi connectivity index (χ0n) is 11.1. The van der Waals surface area contributed by atoms with Crippen LogP contribution in [0.15, 0.2) is 24.5 Å². The SMILES string of the molecule is CC(C)n1cc(OCCNCc2ccc(Cl)s2)cn1. The van der Waals surface area contributed by atoms with Gasteiger partial charge in [-0.1, -0.05) is 11.6 Å². The molecule has 2 aromatic heterocycles. The highest BCUT2D eigenvalue weighted by atomic mass is 35.5. The molecular formula is C13H18ClN3OS. The number of hydrogen-bond donors (Lipinski definition) is 1. The van der Waals surface area contributed by atoms with Gasteiger partial charge >= 0.3 is 0 Å². The van der Waals surface area contributed by atoms with Gasteiger partial charge in [-0.05, 0) is 26.0 Å². The third kappa shape index (κ3) is 4.53. The maximum atomic E-state index is 5.87. The molecule has 0 aliphatic heterocycles. The van der Waals surface area contributed by atoms with E-state index in [2.05, 4.69) is 24.3 Å². The Morgan fingerprint density at radius 2 is 2.32 bits per heavy atom. The summed E-state index contributed by atoms with van der Waals surface area (Å²) in [7, 11) is 0. The summed E-state index contributed by atoms with van der Waals surface area (Å²) in [6.45, 7) is 6.42. The first-order chi connectivity index (χ1) is 9.15. The van der Waals surface area contributed by atoms with Gasteiger partial charge in [0.05, 0.1) is 16.7 Å². The predicted molar refractivity (Wildman–Crippen MR) is 79.1 cm³/mol. The summed E-state index contributed by atoms with van der Waals surface area (Å²) in [6.07, 6.45) is 3.67. The van der Waals surface area contributed by atoms with Crippen molar-refractivity contribution >= 4 is 22.9 Å². The van der Waals surface area contributed by atoms with Crippen molar-refractivity contribution in [2.75, 3.05) is 13.2 Å². The third-order valence-electron chi connectivity index (χ3n) is 2.58. The van der Waals surface area contributed by atoms with Crippen LogP contribution in [-0.4, -0.2) is 22.9 Å². The van der Waals surface area contributed by atoms with Crippen LogP contribution in [0.4, 0.5) is 0 Å². The Labute approximate surface area is 122 Å². The summed E-state index contributed by atoms with van der Waals surface area (Å²) in [4.78, 5) is 1.23. The molecule has 0 spiro atoms. The molecule has 0 amide bonds. The average molecular weight is 300 g/mol. The number of nitrogens with zero attached hydrogens (tertiary/aromatic N) is 2. The van der Waals surface area contributed by atoms with Crippen molar-refractivity contribution in [1.29, 1.82) is 0 Å². The molecule has 0 radical (unpaired) electrons. The van der Waals surface area contributed by atoms with E-state index in [1.807, 2.05) is 23.0 Å². The molecule has 2 rings (SSSR count). The lowest BCUT2D eigenvalue weighted by Gasteiger charge is -2.05. The lowest BCUT2D eigenvalue weighted by Crippen LogP contribution is -2.19. The Bertz CT molecular complexity index is 509. The normalized spacial score (nSPS) is 11.2. The fourth-order valence-corrected chi connectivity index (χ4v) is 2.63. The topological polar surface area (TPSA) is 39.1 Å². The van der Waals surface area contributed by atoms with Crippen LogP contribution < -0.4 is 10.1 Å². The fourth-order valence-electron chi connectivity index (χ4n) is 1.58. The molecule has 6 heteroatoms. The van der Waals surface area contributed by atoms with E-state index in [1.165, 1.54) is 4.88 Å². The van der Waals surface area contributed by atoms with Crippen molar-refractivity contribution in [2.45, 2.75) is 26.4 Å². The van der Waals surface area contributed by atoms with Crippen molar-refractivity contribution in [3.05, 3.63) is 33.7 Å². The summed E-state index contributed by atoms with van der Waals surface area (Å²) in [6, 6.07) is 4.31. The van der Waals surface area contributed by atoms with E-state index in [4.69, 9.17) is 16.3 Å². The van der Waals surface area contributed by atoms with Gasteiger partial charge in [-0.2, -0.15) is 5.10 Å². The number of thiophene rings is 1. The summed E-state index contributed by atoms with van der Waals surface area (Å²) >= 11 is 7.46. The van der Waals surface area contributed by atoms with Crippen LogP contribution in [0.1, 0.15) is 24.8 Å². The van der Waals surface area contributed by atoms with Gasteiger partial charge in [-0.3, -0.25) is 4.68 Å². The van der Waals surface area contributed by atoms with Gasteiger partial charge in [0.1, 0.15) is 6.61 Å². The van der Waals surface area contributed by atoms with Crippen LogP contribution in [-0.2, 0) is 6.54 Å². The van der Waals surface area contributed by atoms with Crippen molar-refractivity contribution in [3.63, 3.8) is 0 Å². The first-order valence-electron chi connectivity index (χ1n) is 6.27. The van der Waals surface area contributed by atoms with E-state index >= 15 is 0 Å². The van der Waals surface area contributed by atoms with E-state index in [0.29, 0.717) is 12.6 Å². The average Bonchev–Trinajstić information content (AvgIpc) is 2.98. The quantitative estimate of drug-likeness (QED) is 0.797. The molecule has 0 saturated heterocycles. The summed E-state index contributed by atoms with van der Waals surface area (Å²) in [5.41, 5.74) is 0. The molecule has 0 unspecified atom stereocenters. The lowest BCUT2D eigenvalue weighted by molar-refractivity contribution is 0.313. The minimum absolute atomic E-state index is 0.360. The Morgan fingerprint density at radius 1 is 1.47 bits per heavy atom. The molecule has 2 aromatic rings. The second-order valence-electron chi connectivity index (χ2n) is 4.48. The minimum Gasteiger partial charge on any atom is -0.489 e. The van der Waals surface area contributed by atoms with Gasteiger partial charge in [-0.15, -0.1) is 11.3 Å².